The Labute approximate surface area is 201 Å². The highest BCUT2D eigenvalue weighted by molar-refractivity contribution is 5.94. The van der Waals surface area contributed by atoms with Crippen LogP contribution in [-0.4, -0.2) is 46.3 Å². The zero-order chi connectivity index (χ0) is 24.4. The molecule has 1 amide bonds. The number of hydrogen-bond acceptors (Lipinski definition) is 4. The molecule has 6 nitrogen and oxygen atoms in total. The molecule has 2 atom stereocenters. The first-order valence-corrected chi connectivity index (χ1v) is 12.0. The maximum atomic E-state index is 13.1. The van der Waals surface area contributed by atoms with Gasteiger partial charge in [-0.15, -0.1) is 0 Å². The third kappa shape index (κ3) is 4.91. The molecule has 1 aliphatic rings. The van der Waals surface area contributed by atoms with E-state index in [1.165, 1.54) is 5.56 Å². The van der Waals surface area contributed by atoms with E-state index in [1.807, 2.05) is 35.2 Å². The molecule has 1 fully saturated rings. The van der Waals surface area contributed by atoms with Crippen molar-refractivity contribution >= 4 is 11.9 Å². The molecular formula is C28H33N3O3. The lowest BCUT2D eigenvalue weighted by atomic mass is 9.91. The summed E-state index contributed by atoms with van der Waals surface area (Å²) in [4.78, 5) is 27.5. The summed E-state index contributed by atoms with van der Waals surface area (Å²) in [5.74, 6) is 0.634. The van der Waals surface area contributed by atoms with Crippen molar-refractivity contribution in [3.63, 3.8) is 0 Å². The number of esters is 1. The number of aryl methyl sites for hydroxylation is 2. The van der Waals surface area contributed by atoms with Crippen LogP contribution in [0.5, 0.6) is 0 Å². The number of ether oxygens (including phenoxy) is 1. The van der Waals surface area contributed by atoms with E-state index in [9.17, 15) is 9.59 Å². The summed E-state index contributed by atoms with van der Waals surface area (Å²) in [5.41, 5.74) is 5.81. The molecule has 1 aliphatic heterocycles. The van der Waals surface area contributed by atoms with E-state index < -0.39 is 5.97 Å². The topological polar surface area (TPSA) is 64.4 Å². The number of likely N-dealkylation sites (tertiary alicyclic amines) is 1. The Hall–Kier alpha value is -3.41. The number of hydrogen-bond donors (Lipinski definition) is 0. The third-order valence-corrected chi connectivity index (χ3v) is 6.51. The van der Waals surface area contributed by atoms with Crippen LogP contribution >= 0.6 is 0 Å². The Morgan fingerprint density at radius 1 is 0.971 bits per heavy atom. The molecule has 1 saturated heterocycles. The normalized spacial score (nSPS) is 18.1. The van der Waals surface area contributed by atoms with Crippen molar-refractivity contribution in [2.45, 2.75) is 41.0 Å². The van der Waals surface area contributed by atoms with E-state index in [0.717, 1.165) is 42.0 Å². The Kier molecular flexibility index (Phi) is 6.87. The van der Waals surface area contributed by atoms with Crippen LogP contribution in [0.15, 0.2) is 48.5 Å². The smallest absolute Gasteiger partial charge is 0.358 e. The molecule has 0 N–H and O–H groups in total. The number of benzene rings is 2. The van der Waals surface area contributed by atoms with Gasteiger partial charge in [0.25, 0.3) is 5.91 Å². The van der Waals surface area contributed by atoms with Crippen LogP contribution in [0.4, 0.5) is 0 Å². The number of amides is 1. The summed E-state index contributed by atoms with van der Waals surface area (Å²) >= 11 is 0. The zero-order valence-corrected chi connectivity index (χ0v) is 20.7. The number of carbonyl (C=O) groups is 2. The fourth-order valence-corrected chi connectivity index (χ4v) is 4.75. The fourth-order valence-electron chi connectivity index (χ4n) is 4.75. The van der Waals surface area contributed by atoms with Gasteiger partial charge in [0.15, 0.2) is 5.69 Å². The molecule has 2 aromatic carbocycles. The first-order chi connectivity index (χ1) is 16.3. The highest BCUT2D eigenvalue weighted by atomic mass is 16.5. The van der Waals surface area contributed by atoms with Crippen LogP contribution in [0.1, 0.15) is 59.2 Å². The minimum Gasteiger partial charge on any atom is -0.461 e. The molecular weight excluding hydrogens is 426 g/mol. The predicted molar refractivity (Wildman–Crippen MR) is 133 cm³/mol. The van der Waals surface area contributed by atoms with Gasteiger partial charge >= 0.3 is 5.97 Å². The maximum absolute atomic E-state index is 13.1. The Morgan fingerprint density at radius 2 is 1.65 bits per heavy atom. The zero-order valence-electron chi connectivity index (χ0n) is 20.7. The third-order valence-electron chi connectivity index (χ3n) is 6.51. The highest BCUT2D eigenvalue weighted by Gasteiger charge is 2.26. The molecule has 1 aromatic heterocycles. The monoisotopic (exact) mass is 459 g/mol. The lowest BCUT2D eigenvalue weighted by Gasteiger charge is -2.35. The lowest BCUT2D eigenvalue weighted by Crippen LogP contribution is -2.42. The molecule has 0 aliphatic carbocycles. The number of nitrogens with zero attached hydrogens (tertiary/aromatic N) is 3. The largest absolute Gasteiger partial charge is 0.461 e. The molecule has 2 heterocycles. The molecule has 4 rings (SSSR count). The molecule has 34 heavy (non-hydrogen) atoms. The van der Waals surface area contributed by atoms with E-state index in [2.05, 4.69) is 44.9 Å². The predicted octanol–water partition coefficient (Wildman–Crippen LogP) is 5.45. The minimum atomic E-state index is -0.452. The van der Waals surface area contributed by atoms with Crippen molar-refractivity contribution in [3.05, 3.63) is 70.9 Å². The fraction of sp³-hybridized carbons (Fsp3) is 0.393. The number of carbonyl (C=O) groups excluding carboxylic acids is 2. The van der Waals surface area contributed by atoms with Crippen LogP contribution in [0.2, 0.25) is 0 Å². The van der Waals surface area contributed by atoms with Crippen molar-refractivity contribution in [2.75, 3.05) is 19.7 Å². The summed E-state index contributed by atoms with van der Waals surface area (Å²) in [5, 5.41) is 4.56. The first-order valence-electron chi connectivity index (χ1n) is 12.0. The van der Waals surface area contributed by atoms with E-state index in [1.54, 1.807) is 17.7 Å². The molecule has 0 radical (unpaired) electrons. The van der Waals surface area contributed by atoms with Crippen molar-refractivity contribution in [1.82, 2.24) is 14.7 Å². The van der Waals surface area contributed by atoms with Gasteiger partial charge in [-0.25, -0.2) is 9.48 Å². The Balaban J connectivity index is 1.68. The Bertz CT molecular complexity index is 1190. The number of piperidine rings is 1. The van der Waals surface area contributed by atoms with Gasteiger partial charge in [-0.3, -0.25) is 4.79 Å². The second kappa shape index (κ2) is 9.84. The molecule has 0 spiro atoms. The van der Waals surface area contributed by atoms with E-state index in [4.69, 9.17) is 4.74 Å². The molecule has 0 bridgehead atoms. The molecule has 178 valence electrons. The summed E-state index contributed by atoms with van der Waals surface area (Å²) in [7, 11) is 0. The number of rotatable bonds is 5. The lowest BCUT2D eigenvalue weighted by molar-refractivity contribution is 0.0518. The van der Waals surface area contributed by atoms with Gasteiger partial charge in [0, 0.05) is 24.2 Å². The van der Waals surface area contributed by atoms with E-state index in [0.29, 0.717) is 17.4 Å². The van der Waals surface area contributed by atoms with Crippen LogP contribution in [0.3, 0.4) is 0 Å². The van der Waals surface area contributed by atoms with Gasteiger partial charge < -0.3 is 9.64 Å². The second-order valence-electron chi connectivity index (χ2n) is 9.55. The average molecular weight is 460 g/mol. The van der Waals surface area contributed by atoms with Crippen molar-refractivity contribution in [3.8, 4) is 16.9 Å². The summed E-state index contributed by atoms with van der Waals surface area (Å²) in [6, 6.07) is 15.4. The number of aromatic nitrogens is 2. The van der Waals surface area contributed by atoms with E-state index >= 15 is 0 Å². The molecule has 3 aromatic rings. The summed E-state index contributed by atoms with van der Waals surface area (Å²) < 4.78 is 6.93. The van der Waals surface area contributed by atoms with Crippen LogP contribution < -0.4 is 0 Å². The van der Waals surface area contributed by atoms with Crippen LogP contribution in [0, 0.1) is 25.7 Å². The standard InChI is InChI=1S/C28H33N3O3/c1-6-34-28(33)25-15-26(23-8-7-20(4)21(5)14-23)31(29-25)24-11-9-22(10-12-24)27(32)30-16-18(2)13-19(3)17-30/h7-12,14-15,18-19H,6,13,16-17H2,1-5H3/t18-,19+. The first kappa shape index (κ1) is 23.7. The van der Waals surface area contributed by atoms with Crippen molar-refractivity contribution in [1.29, 1.82) is 0 Å². The summed E-state index contributed by atoms with van der Waals surface area (Å²) in [6.45, 7) is 12.2. The van der Waals surface area contributed by atoms with Crippen LogP contribution in [-0.2, 0) is 4.74 Å². The van der Waals surface area contributed by atoms with Gasteiger partial charge in [-0.1, -0.05) is 26.0 Å². The summed E-state index contributed by atoms with van der Waals surface area (Å²) in [6.07, 6.45) is 1.16. The van der Waals surface area contributed by atoms with E-state index in [-0.39, 0.29) is 18.2 Å². The molecule has 0 saturated carbocycles. The molecule has 6 heteroatoms. The maximum Gasteiger partial charge on any atom is 0.358 e. The van der Waals surface area contributed by atoms with Gasteiger partial charge in [0.2, 0.25) is 0 Å². The second-order valence-corrected chi connectivity index (χ2v) is 9.55. The SMILES string of the molecule is CCOC(=O)c1cc(-c2ccc(C)c(C)c2)n(-c2ccc(C(=O)N3C[C@H](C)C[C@H](C)C3)cc2)n1. The quantitative estimate of drug-likeness (QED) is 0.476. The van der Waals surface area contributed by atoms with Crippen molar-refractivity contribution < 1.29 is 14.3 Å². The minimum absolute atomic E-state index is 0.0620. The average Bonchev–Trinajstić information content (AvgIpc) is 3.26. The van der Waals surface area contributed by atoms with Gasteiger partial charge in [0.1, 0.15) is 0 Å². The van der Waals surface area contributed by atoms with Gasteiger partial charge in [-0.2, -0.15) is 5.10 Å². The molecule has 0 unspecified atom stereocenters. The van der Waals surface area contributed by atoms with Crippen molar-refractivity contribution in [2.24, 2.45) is 11.8 Å². The van der Waals surface area contributed by atoms with Gasteiger partial charge in [0.05, 0.1) is 18.0 Å². The van der Waals surface area contributed by atoms with Gasteiger partial charge in [-0.05, 0) is 86.6 Å². The van der Waals surface area contributed by atoms with Crippen LogP contribution in [0.25, 0.3) is 16.9 Å². The highest BCUT2D eigenvalue weighted by Crippen LogP contribution is 2.27. The Morgan fingerprint density at radius 3 is 2.26 bits per heavy atom.